The Labute approximate surface area is 237 Å². The predicted octanol–water partition coefficient (Wildman–Crippen LogP) is 6.52. The van der Waals surface area contributed by atoms with E-state index in [4.69, 9.17) is 16.3 Å². The van der Waals surface area contributed by atoms with Gasteiger partial charge in [-0.05, 0) is 66.2 Å². The first-order valence-corrected chi connectivity index (χ1v) is 12.4. The minimum Gasteiger partial charge on any atom is -0.422 e. The van der Waals surface area contributed by atoms with E-state index in [1.54, 1.807) is 12.1 Å². The van der Waals surface area contributed by atoms with Gasteiger partial charge in [-0.25, -0.2) is 10.2 Å². The third kappa shape index (κ3) is 8.26. The van der Waals surface area contributed by atoms with Crippen molar-refractivity contribution in [3.05, 3.63) is 130 Å². The number of ether oxygens (including phenoxy) is 1. The van der Waals surface area contributed by atoms with Gasteiger partial charge in [0.05, 0.1) is 23.8 Å². The maximum Gasteiger partial charge on any atom is 0.416 e. The molecule has 0 saturated carbocycles. The van der Waals surface area contributed by atoms with Crippen LogP contribution in [-0.2, 0) is 17.4 Å². The van der Waals surface area contributed by atoms with Crippen LogP contribution in [-0.4, -0.2) is 24.0 Å². The highest BCUT2D eigenvalue weighted by molar-refractivity contribution is 6.31. The van der Waals surface area contributed by atoms with Crippen LogP contribution in [0.15, 0.2) is 102 Å². The van der Waals surface area contributed by atoms with E-state index in [1.807, 2.05) is 30.3 Å². The Hall–Kier alpha value is -4.96. The maximum atomic E-state index is 13.0. The average Bonchev–Trinajstić information content (AvgIpc) is 2.95. The fourth-order valence-corrected chi connectivity index (χ4v) is 3.79. The van der Waals surface area contributed by atoms with E-state index in [1.165, 1.54) is 42.6 Å². The van der Waals surface area contributed by atoms with Gasteiger partial charge >= 0.3 is 12.1 Å². The van der Waals surface area contributed by atoms with E-state index in [9.17, 15) is 27.6 Å². The second kappa shape index (κ2) is 12.9. The molecule has 11 heteroatoms. The van der Waals surface area contributed by atoms with E-state index in [2.05, 4.69) is 15.8 Å². The lowest BCUT2D eigenvalue weighted by Gasteiger charge is -2.10. The largest absolute Gasteiger partial charge is 0.422 e. The van der Waals surface area contributed by atoms with Gasteiger partial charge in [0.1, 0.15) is 5.75 Å². The summed E-state index contributed by atoms with van der Waals surface area (Å²) in [5, 5.41) is 6.90. The van der Waals surface area contributed by atoms with Gasteiger partial charge in [-0.1, -0.05) is 48.0 Å². The predicted molar refractivity (Wildman–Crippen MR) is 148 cm³/mol. The molecule has 2 amide bonds. The van der Waals surface area contributed by atoms with Crippen LogP contribution in [0, 0.1) is 0 Å². The molecule has 0 unspecified atom stereocenters. The highest BCUT2D eigenvalue weighted by atomic mass is 35.5. The van der Waals surface area contributed by atoms with Crippen molar-refractivity contribution < 1.29 is 32.3 Å². The summed E-state index contributed by atoms with van der Waals surface area (Å²) in [6.07, 6.45) is -3.24. The number of amides is 2. The number of nitrogens with one attached hydrogen (secondary N) is 2. The number of hydrazone groups is 1. The summed E-state index contributed by atoms with van der Waals surface area (Å²) in [6.45, 7) is 0. The second-order valence-electron chi connectivity index (χ2n) is 8.64. The van der Waals surface area contributed by atoms with Crippen LogP contribution in [0.1, 0.15) is 37.4 Å². The van der Waals surface area contributed by atoms with Crippen molar-refractivity contribution in [2.45, 2.75) is 12.6 Å². The summed E-state index contributed by atoms with van der Waals surface area (Å²) < 4.78 is 44.3. The molecule has 0 spiro atoms. The summed E-state index contributed by atoms with van der Waals surface area (Å²) in [5.74, 6) is -1.82. The quantitative estimate of drug-likeness (QED) is 0.107. The number of benzene rings is 4. The molecule has 4 aromatic carbocycles. The van der Waals surface area contributed by atoms with Crippen molar-refractivity contribution in [2.75, 3.05) is 5.32 Å². The summed E-state index contributed by atoms with van der Waals surface area (Å²) in [7, 11) is 0. The normalized spacial score (nSPS) is 11.2. The highest BCUT2D eigenvalue weighted by Gasteiger charge is 2.31. The molecule has 0 bridgehead atoms. The fourth-order valence-electron chi connectivity index (χ4n) is 3.61. The Bertz CT molecular complexity index is 1590. The lowest BCUT2D eigenvalue weighted by molar-refractivity contribution is -0.137. The molecule has 7 nitrogen and oxygen atoms in total. The van der Waals surface area contributed by atoms with Crippen molar-refractivity contribution in [3.8, 4) is 5.75 Å². The Morgan fingerprint density at radius 2 is 1.59 bits per heavy atom. The van der Waals surface area contributed by atoms with Crippen LogP contribution >= 0.6 is 11.6 Å². The van der Waals surface area contributed by atoms with Crippen LogP contribution in [0.4, 0.5) is 18.9 Å². The van der Waals surface area contributed by atoms with E-state index in [-0.39, 0.29) is 39.8 Å². The SMILES string of the molecule is O=C(Cc1ccccc1)Nc1ccc(C(=O)N/N=C/c2cc(Cl)ccc2OC(=O)c2cccc(C(F)(F)F)c2)cc1. The monoisotopic (exact) mass is 579 g/mol. The van der Waals surface area contributed by atoms with Gasteiger partial charge in [-0.15, -0.1) is 0 Å². The summed E-state index contributed by atoms with van der Waals surface area (Å²) >= 11 is 6.03. The van der Waals surface area contributed by atoms with Crippen LogP contribution in [0.25, 0.3) is 0 Å². The number of carbonyl (C=O) groups is 3. The average molecular weight is 580 g/mol. The van der Waals surface area contributed by atoms with Gasteiger partial charge in [-0.2, -0.15) is 18.3 Å². The lowest BCUT2D eigenvalue weighted by atomic mass is 10.1. The highest BCUT2D eigenvalue weighted by Crippen LogP contribution is 2.30. The van der Waals surface area contributed by atoms with Crippen molar-refractivity contribution in [1.29, 1.82) is 0 Å². The molecule has 0 atom stereocenters. The molecular formula is C30H21ClF3N3O4. The second-order valence-corrected chi connectivity index (χ2v) is 9.07. The number of esters is 1. The molecule has 0 saturated heterocycles. The zero-order valence-corrected chi connectivity index (χ0v) is 21.9. The third-order valence-corrected chi connectivity index (χ3v) is 5.84. The van der Waals surface area contributed by atoms with Crippen LogP contribution < -0.4 is 15.5 Å². The van der Waals surface area contributed by atoms with Gasteiger partial charge in [0.15, 0.2) is 0 Å². The zero-order valence-electron chi connectivity index (χ0n) is 21.1. The van der Waals surface area contributed by atoms with Gasteiger partial charge < -0.3 is 10.1 Å². The molecule has 0 aliphatic heterocycles. The third-order valence-electron chi connectivity index (χ3n) is 5.61. The first-order chi connectivity index (χ1) is 19.6. The molecule has 208 valence electrons. The number of nitrogens with zero attached hydrogens (tertiary/aromatic N) is 1. The Kier molecular flexibility index (Phi) is 9.15. The van der Waals surface area contributed by atoms with Crippen molar-refractivity contribution in [2.24, 2.45) is 5.10 Å². The topological polar surface area (TPSA) is 96.9 Å². The zero-order chi connectivity index (χ0) is 29.4. The molecule has 4 aromatic rings. The molecular weight excluding hydrogens is 559 g/mol. The fraction of sp³-hybridized carbons (Fsp3) is 0.0667. The molecule has 41 heavy (non-hydrogen) atoms. The molecule has 4 rings (SSSR count). The maximum absolute atomic E-state index is 13.0. The van der Waals surface area contributed by atoms with Gasteiger partial charge in [0, 0.05) is 21.8 Å². The number of rotatable bonds is 8. The number of alkyl halides is 3. The molecule has 0 aliphatic rings. The molecule has 0 heterocycles. The van der Waals surface area contributed by atoms with Gasteiger partial charge in [-0.3, -0.25) is 9.59 Å². The van der Waals surface area contributed by atoms with Crippen molar-refractivity contribution in [3.63, 3.8) is 0 Å². The minimum atomic E-state index is -4.62. The molecule has 0 radical (unpaired) electrons. The number of hydrogen-bond donors (Lipinski definition) is 2. The van der Waals surface area contributed by atoms with E-state index < -0.39 is 23.6 Å². The van der Waals surface area contributed by atoms with Crippen LogP contribution in [0.5, 0.6) is 5.75 Å². The van der Waals surface area contributed by atoms with E-state index >= 15 is 0 Å². The molecule has 0 aromatic heterocycles. The van der Waals surface area contributed by atoms with Crippen LogP contribution in [0.3, 0.4) is 0 Å². The Morgan fingerprint density at radius 3 is 2.29 bits per heavy atom. The summed E-state index contributed by atoms with van der Waals surface area (Å²) in [6, 6.07) is 23.4. The lowest BCUT2D eigenvalue weighted by Crippen LogP contribution is -2.18. The minimum absolute atomic E-state index is 0.0367. The number of hydrogen-bond acceptors (Lipinski definition) is 5. The molecule has 2 N–H and O–H groups in total. The van der Waals surface area contributed by atoms with Crippen molar-refractivity contribution in [1.82, 2.24) is 5.43 Å². The molecule has 0 aliphatic carbocycles. The first-order valence-electron chi connectivity index (χ1n) is 12.0. The Balaban J connectivity index is 1.37. The number of anilines is 1. The standard InChI is InChI=1S/C30H21ClF3N3O4/c31-24-11-14-26(41-29(40)21-7-4-8-23(16-21)30(32,33)34)22(17-24)18-35-37-28(39)20-9-12-25(13-10-20)36-27(38)15-19-5-2-1-3-6-19/h1-14,16-18H,15H2,(H,36,38)(H,37,39)/b35-18+. The van der Waals surface area contributed by atoms with E-state index in [0.717, 1.165) is 17.7 Å². The molecule has 0 fully saturated rings. The summed E-state index contributed by atoms with van der Waals surface area (Å²) in [4.78, 5) is 37.3. The Morgan fingerprint density at radius 1 is 0.854 bits per heavy atom. The van der Waals surface area contributed by atoms with Gasteiger partial charge in [0.25, 0.3) is 5.91 Å². The van der Waals surface area contributed by atoms with Crippen molar-refractivity contribution >= 4 is 41.3 Å². The number of halogens is 4. The van der Waals surface area contributed by atoms with Crippen LogP contribution in [0.2, 0.25) is 5.02 Å². The van der Waals surface area contributed by atoms with E-state index in [0.29, 0.717) is 11.8 Å². The number of carbonyl (C=O) groups excluding carboxylic acids is 3. The van der Waals surface area contributed by atoms with Gasteiger partial charge in [0.2, 0.25) is 5.91 Å². The summed E-state index contributed by atoms with van der Waals surface area (Å²) in [5.41, 5.74) is 2.86. The first kappa shape index (κ1) is 29.0. The smallest absolute Gasteiger partial charge is 0.416 e.